The van der Waals surface area contributed by atoms with E-state index in [0.717, 1.165) is 26.1 Å². The number of furan rings is 1. The van der Waals surface area contributed by atoms with Gasteiger partial charge in [0.1, 0.15) is 12.0 Å². The molecule has 24 heavy (non-hydrogen) atoms. The van der Waals surface area contributed by atoms with E-state index in [-0.39, 0.29) is 17.9 Å². The van der Waals surface area contributed by atoms with Gasteiger partial charge in [-0.15, -0.1) is 0 Å². The fourth-order valence-electron chi connectivity index (χ4n) is 3.77. The summed E-state index contributed by atoms with van der Waals surface area (Å²) < 4.78 is 5.36. The van der Waals surface area contributed by atoms with Crippen LogP contribution in [0.1, 0.15) is 30.3 Å². The number of hydrogen-bond acceptors (Lipinski definition) is 5. The largest absolute Gasteiger partial charge is 0.460 e. The molecule has 2 aromatic rings. The molecule has 0 radical (unpaired) electrons. The highest BCUT2D eigenvalue weighted by Gasteiger charge is 2.33. The summed E-state index contributed by atoms with van der Waals surface area (Å²) in [6, 6.07) is 1.84. The third-order valence-electron chi connectivity index (χ3n) is 4.81. The van der Waals surface area contributed by atoms with Gasteiger partial charge in [-0.1, -0.05) is 0 Å². The third-order valence-corrected chi connectivity index (χ3v) is 4.81. The molecule has 3 atom stereocenters. The zero-order chi connectivity index (χ0) is 16.7. The van der Waals surface area contributed by atoms with Gasteiger partial charge in [-0.2, -0.15) is 0 Å². The fourth-order valence-corrected chi connectivity index (χ4v) is 3.77. The Bertz CT molecular complexity index is 788. The molecule has 4 rings (SSSR count). The Labute approximate surface area is 139 Å². The maximum atomic E-state index is 12.5. The van der Waals surface area contributed by atoms with Gasteiger partial charge in [0.05, 0.1) is 11.9 Å². The smallest absolute Gasteiger partial charge is 0.270 e. The minimum Gasteiger partial charge on any atom is -0.460 e. The van der Waals surface area contributed by atoms with Crippen LogP contribution in [0.5, 0.6) is 0 Å². The lowest BCUT2D eigenvalue weighted by Crippen LogP contribution is -2.47. The summed E-state index contributed by atoms with van der Waals surface area (Å²) in [5, 5.41) is 6.47. The first kappa shape index (κ1) is 15.1. The maximum absolute atomic E-state index is 12.5. The first-order valence-corrected chi connectivity index (χ1v) is 8.26. The molecular formula is C17H20N4O3. The number of hydrogen-bond donors (Lipinski definition) is 2. The monoisotopic (exact) mass is 328 g/mol. The second-order valence-corrected chi connectivity index (χ2v) is 6.72. The lowest BCUT2D eigenvalue weighted by molar-refractivity contribution is -0.114. The zero-order valence-electron chi connectivity index (χ0n) is 13.5. The number of nitrogens with one attached hydrogen (secondary N) is 2. The zero-order valence-corrected chi connectivity index (χ0v) is 13.5. The van der Waals surface area contributed by atoms with Gasteiger partial charge >= 0.3 is 0 Å². The van der Waals surface area contributed by atoms with Crippen LogP contribution in [-0.4, -0.2) is 47.4 Å². The fraction of sp³-hybridized carbons (Fsp3) is 0.471. The van der Waals surface area contributed by atoms with Crippen LogP contribution in [0.4, 0.5) is 5.69 Å². The van der Waals surface area contributed by atoms with Gasteiger partial charge in [-0.3, -0.25) is 9.59 Å². The van der Waals surface area contributed by atoms with Crippen LogP contribution in [0, 0.1) is 5.92 Å². The molecule has 0 aliphatic carbocycles. The van der Waals surface area contributed by atoms with Crippen molar-refractivity contribution in [2.24, 2.45) is 5.92 Å². The minimum absolute atomic E-state index is 0.176. The van der Waals surface area contributed by atoms with Crippen LogP contribution in [0.2, 0.25) is 0 Å². The third kappa shape index (κ3) is 2.87. The molecule has 126 valence electrons. The quantitative estimate of drug-likeness (QED) is 0.894. The second kappa shape index (κ2) is 5.90. The molecule has 7 heteroatoms. The number of anilines is 1. The van der Waals surface area contributed by atoms with Crippen molar-refractivity contribution in [1.82, 2.24) is 15.2 Å². The van der Waals surface area contributed by atoms with Crippen LogP contribution >= 0.6 is 0 Å². The number of piperidine rings is 1. The lowest BCUT2D eigenvalue weighted by atomic mass is 9.97. The van der Waals surface area contributed by atoms with E-state index in [1.165, 1.54) is 25.8 Å². The van der Waals surface area contributed by atoms with Gasteiger partial charge in [-0.05, 0) is 31.4 Å². The molecule has 2 saturated heterocycles. The van der Waals surface area contributed by atoms with Gasteiger partial charge in [0.2, 0.25) is 5.91 Å². The summed E-state index contributed by atoms with van der Waals surface area (Å²) >= 11 is 0. The second-order valence-electron chi connectivity index (χ2n) is 6.72. The number of carbonyl (C=O) groups excluding carboxylic acids is 2. The molecule has 2 aliphatic heterocycles. The standard InChI is InChI=1S/C17H20N4O3/c1-10(22)19-15-9-24-16-6-18-14(5-13(15)16)17(23)20-12-4-11-2-3-21(7-11)8-12/h5-6,9,11-12H,2-4,7-8H2,1H3,(H,19,22)(H,20,23)/t11-,12-/m1/s1. The number of fused-ring (bicyclic) bond motifs is 3. The molecule has 1 unspecified atom stereocenters. The summed E-state index contributed by atoms with van der Waals surface area (Å²) in [5.41, 5.74) is 1.43. The van der Waals surface area contributed by atoms with Crippen molar-refractivity contribution in [3.05, 3.63) is 24.2 Å². The van der Waals surface area contributed by atoms with Crippen molar-refractivity contribution < 1.29 is 14.0 Å². The topological polar surface area (TPSA) is 87.5 Å². The Morgan fingerprint density at radius 1 is 1.38 bits per heavy atom. The summed E-state index contributed by atoms with van der Waals surface area (Å²) in [6.07, 6.45) is 5.24. The van der Waals surface area contributed by atoms with Gasteiger partial charge in [0.15, 0.2) is 5.58 Å². The van der Waals surface area contributed by atoms with Crippen molar-refractivity contribution in [1.29, 1.82) is 0 Å². The van der Waals surface area contributed by atoms with Crippen LogP contribution < -0.4 is 10.6 Å². The molecule has 7 nitrogen and oxygen atoms in total. The molecule has 0 spiro atoms. The molecule has 0 saturated carbocycles. The lowest BCUT2D eigenvalue weighted by Gasteiger charge is -2.30. The number of amides is 2. The summed E-state index contributed by atoms with van der Waals surface area (Å²) in [5.74, 6) is 0.325. The van der Waals surface area contributed by atoms with E-state index in [1.54, 1.807) is 6.07 Å². The number of aromatic nitrogens is 1. The molecule has 2 fully saturated rings. The molecular weight excluding hydrogens is 308 g/mol. The van der Waals surface area contributed by atoms with Crippen LogP contribution in [-0.2, 0) is 4.79 Å². The normalized spacial score (nSPS) is 25.6. The molecule has 2 aromatic heterocycles. The van der Waals surface area contributed by atoms with E-state index in [4.69, 9.17) is 4.42 Å². The Hall–Kier alpha value is -2.41. The molecule has 2 N–H and O–H groups in total. The van der Waals surface area contributed by atoms with E-state index >= 15 is 0 Å². The first-order valence-electron chi connectivity index (χ1n) is 8.26. The molecule has 2 amide bonds. The number of rotatable bonds is 3. The highest BCUT2D eigenvalue weighted by Crippen LogP contribution is 2.28. The highest BCUT2D eigenvalue weighted by molar-refractivity contribution is 6.02. The average molecular weight is 328 g/mol. The van der Waals surface area contributed by atoms with E-state index in [9.17, 15) is 9.59 Å². The Balaban J connectivity index is 1.52. The molecule has 0 aromatic carbocycles. The van der Waals surface area contributed by atoms with E-state index in [2.05, 4.69) is 20.5 Å². The van der Waals surface area contributed by atoms with E-state index in [0.29, 0.717) is 28.3 Å². The summed E-state index contributed by atoms with van der Waals surface area (Å²) in [6.45, 7) is 4.63. The van der Waals surface area contributed by atoms with E-state index < -0.39 is 0 Å². The van der Waals surface area contributed by atoms with Gasteiger partial charge < -0.3 is 20.0 Å². The van der Waals surface area contributed by atoms with E-state index in [1.807, 2.05) is 0 Å². The number of carbonyl (C=O) groups is 2. The molecule has 4 heterocycles. The van der Waals surface area contributed by atoms with Crippen LogP contribution in [0.25, 0.3) is 11.0 Å². The Morgan fingerprint density at radius 2 is 2.25 bits per heavy atom. The van der Waals surface area contributed by atoms with Crippen molar-refractivity contribution in [3.63, 3.8) is 0 Å². The maximum Gasteiger partial charge on any atom is 0.270 e. The first-order chi connectivity index (χ1) is 11.6. The summed E-state index contributed by atoms with van der Waals surface area (Å²) in [4.78, 5) is 30.4. The number of pyridine rings is 1. The van der Waals surface area contributed by atoms with Gasteiger partial charge in [-0.25, -0.2) is 4.98 Å². The Morgan fingerprint density at radius 3 is 3.04 bits per heavy atom. The predicted octanol–water partition coefficient (Wildman–Crippen LogP) is 1.61. The Kier molecular flexibility index (Phi) is 3.72. The summed E-state index contributed by atoms with van der Waals surface area (Å²) in [7, 11) is 0. The average Bonchev–Trinajstić information content (AvgIpc) is 3.09. The van der Waals surface area contributed by atoms with Crippen LogP contribution in [0.15, 0.2) is 22.9 Å². The van der Waals surface area contributed by atoms with Crippen molar-refractivity contribution in [3.8, 4) is 0 Å². The van der Waals surface area contributed by atoms with Gasteiger partial charge in [0, 0.05) is 31.4 Å². The predicted molar refractivity (Wildman–Crippen MR) is 88.7 cm³/mol. The molecule has 2 bridgehead atoms. The van der Waals surface area contributed by atoms with Crippen LogP contribution in [0.3, 0.4) is 0 Å². The SMILES string of the molecule is CC(=O)Nc1coc2cnc(C(=O)N[C@@H]3C[C@H]4CCN(C4)C3)cc12. The van der Waals surface area contributed by atoms with Crippen molar-refractivity contribution >= 4 is 28.5 Å². The minimum atomic E-state index is -0.188. The molecule has 2 aliphatic rings. The highest BCUT2D eigenvalue weighted by atomic mass is 16.3. The number of nitrogens with zero attached hydrogens (tertiary/aromatic N) is 2. The van der Waals surface area contributed by atoms with Crippen molar-refractivity contribution in [2.45, 2.75) is 25.8 Å². The van der Waals surface area contributed by atoms with Gasteiger partial charge in [0.25, 0.3) is 5.91 Å². The van der Waals surface area contributed by atoms with Crippen molar-refractivity contribution in [2.75, 3.05) is 25.0 Å².